The van der Waals surface area contributed by atoms with Gasteiger partial charge in [0.1, 0.15) is 5.82 Å². The van der Waals surface area contributed by atoms with Gasteiger partial charge < -0.3 is 15.2 Å². The highest BCUT2D eigenvalue weighted by atomic mass is 15.2. The number of piperazine rings is 1. The number of imidazole rings is 1. The van der Waals surface area contributed by atoms with Gasteiger partial charge in [-0.2, -0.15) is 0 Å². The molecule has 4 nitrogen and oxygen atoms in total. The molecule has 0 saturated carbocycles. The maximum absolute atomic E-state index is 4.43. The van der Waals surface area contributed by atoms with Crippen molar-refractivity contribution in [1.29, 1.82) is 0 Å². The van der Waals surface area contributed by atoms with Crippen molar-refractivity contribution in [2.45, 2.75) is 32.6 Å². The molecular formula is C13H24N4. The van der Waals surface area contributed by atoms with Crippen molar-refractivity contribution in [2.75, 3.05) is 32.7 Å². The van der Waals surface area contributed by atoms with E-state index < -0.39 is 0 Å². The number of H-pyrrole nitrogens is 1. The van der Waals surface area contributed by atoms with Gasteiger partial charge in [-0.3, -0.25) is 0 Å². The fourth-order valence-electron chi connectivity index (χ4n) is 2.20. The highest BCUT2D eigenvalue weighted by Crippen LogP contribution is 2.11. The Morgan fingerprint density at radius 2 is 2.12 bits per heavy atom. The lowest BCUT2D eigenvalue weighted by molar-refractivity contribution is 0.238. The van der Waals surface area contributed by atoms with E-state index in [1.54, 1.807) is 0 Å². The minimum absolute atomic E-state index is 0.546. The molecule has 0 aromatic carbocycles. The average Bonchev–Trinajstić information content (AvgIpc) is 2.79. The molecular weight excluding hydrogens is 212 g/mol. The summed E-state index contributed by atoms with van der Waals surface area (Å²) in [7, 11) is 0. The summed E-state index contributed by atoms with van der Waals surface area (Å²) in [6.45, 7) is 10.2. The van der Waals surface area contributed by atoms with Crippen molar-refractivity contribution in [3.05, 3.63) is 17.7 Å². The van der Waals surface area contributed by atoms with Crippen LogP contribution in [-0.2, 0) is 6.42 Å². The summed E-state index contributed by atoms with van der Waals surface area (Å²) in [6.07, 6.45) is 4.24. The van der Waals surface area contributed by atoms with Crippen molar-refractivity contribution in [2.24, 2.45) is 0 Å². The number of hydrogen-bond donors (Lipinski definition) is 2. The van der Waals surface area contributed by atoms with Crippen LogP contribution in [0.25, 0.3) is 0 Å². The third-order valence-electron chi connectivity index (χ3n) is 3.37. The van der Waals surface area contributed by atoms with E-state index in [1.807, 2.05) is 6.20 Å². The largest absolute Gasteiger partial charge is 0.346 e. The van der Waals surface area contributed by atoms with Crippen LogP contribution in [0.1, 0.15) is 37.7 Å². The molecule has 1 fully saturated rings. The van der Waals surface area contributed by atoms with E-state index in [0.29, 0.717) is 5.92 Å². The van der Waals surface area contributed by atoms with E-state index in [9.17, 15) is 0 Å². The molecule has 2 rings (SSSR count). The summed E-state index contributed by atoms with van der Waals surface area (Å²) >= 11 is 0. The van der Waals surface area contributed by atoms with Crippen LogP contribution in [0.4, 0.5) is 0 Å². The van der Waals surface area contributed by atoms with Crippen molar-refractivity contribution in [1.82, 2.24) is 20.2 Å². The van der Waals surface area contributed by atoms with Crippen molar-refractivity contribution < 1.29 is 0 Å². The summed E-state index contributed by atoms with van der Waals surface area (Å²) in [5, 5.41) is 3.38. The second-order valence-corrected chi connectivity index (χ2v) is 5.14. The predicted octanol–water partition coefficient (Wildman–Crippen LogP) is 1.37. The maximum atomic E-state index is 4.43. The van der Waals surface area contributed by atoms with E-state index in [2.05, 4.69) is 34.0 Å². The maximum Gasteiger partial charge on any atom is 0.106 e. The first kappa shape index (κ1) is 12.6. The minimum Gasteiger partial charge on any atom is -0.346 e. The van der Waals surface area contributed by atoms with Gasteiger partial charge in [0.25, 0.3) is 0 Å². The molecule has 0 radical (unpaired) electrons. The molecule has 0 spiro atoms. The lowest BCUT2D eigenvalue weighted by atomic mass is 10.2. The number of rotatable bonds is 5. The molecule has 96 valence electrons. The van der Waals surface area contributed by atoms with Crippen LogP contribution in [0.3, 0.4) is 0 Å². The topological polar surface area (TPSA) is 44.0 Å². The summed E-state index contributed by atoms with van der Waals surface area (Å²) in [5.74, 6) is 1.69. The molecule has 1 aromatic heterocycles. The third-order valence-corrected chi connectivity index (χ3v) is 3.37. The van der Waals surface area contributed by atoms with E-state index in [1.165, 1.54) is 31.7 Å². The highest BCUT2D eigenvalue weighted by molar-refractivity contribution is 5.05. The molecule has 2 N–H and O–H groups in total. The molecule has 0 bridgehead atoms. The van der Waals surface area contributed by atoms with Gasteiger partial charge in [-0.15, -0.1) is 0 Å². The Kier molecular flexibility index (Phi) is 4.57. The van der Waals surface area contributed by atoms with Crippen LogP contribution in [0, 0.1) is 0 Å². The Bertz CT molecular complexity index is 326. The molecule has 0 unspecified atom stereocenters. The molecule has 0 amide bonds. The monoisotopic (exact) mass is 236 g/mol. The molecule has 17 heavy (non-hydrogen) atoms. The lowest BCUT2D eigenvalue weighted by Crippen LogP contribution is -2.43. The molecule has 1 aliphatic heterocycles. The highest BCUT2D eigenvalue weighted by Gasteiger charge is 2.09. The fraction of sp³-hybridized carbons (Fsp3) is 0.769. The van der Waals surface area contributed by atoms with Crippen LogP contribution in [0.15, 0.2) is 6.20 Å². The molecule has 4 heteroatoms. The summed E-state index contributed by atoms with van der Waals surface area (Å²) < 4.78 is 0. The van der Waals surface area contributed by atoms with Crippen LogP contribution < -0.4 is 5.32 Å². The van der Waals surface area contributed by atoms with E-state index in [0.717, 1.165) is 25.3 Å². The summed E-state index contributed by atoms with van der Waals surface area (Å²) in [5.41, 5.74) is 1.25. The second kappa shape index (κ2) is 6.17. The minimum atomic E-state index is 0.546. The normalized spacial score (nSPS) is 17.8. The third kappa shape index (κ3) is 3.82. The first-order valence-electron chi connectivity index (χ1n) is 6.72. The van der Waals surface area contributed by atoms with Crippen LogP contribution in [-0.4, -0.2) is 47.6 Å². The van der Waals surface area contributed by atoms with Gasteiger partial charge in [0.2, 0.25) is 0 Å². The number of nitrogens with one attached hydrogen (secondary N) is 2. The zero-order valence-electron chi connectivity index (χ0n) is 11.0. The fourth-order valence-corrected chi connectivity index (χ4v) is 2.20. The van der Waals surface area contributed by atoms with Crippen molar-refractivity contribution >= 4 is 0 Å². The molecule has 1 saturated heterocycles. The number of nitrogens with zero attached hydrogens (tertiary/aromatic N) is 2. The predicted molar refractivity (Wildman–Crippen MR) is 70.3 cm³/mol. The van der Waals surface area contributed by atoms with Gasteiger partial charge in [-0.25, -0.2) is 4.98 Å². The summed E-state index contributed by atoms with van der Waals surface area (Å²) in [6, 6.07) is 0. The second-order valence-electron chi connectivity index (χ2n) is 5.14. The average molecular weight is 236 g/mol. The number of aromatic nitrogens is 2. The van der Waals surface area contributed by atoms with Gasteiger partial charge in [-0.05, 0) is 18.9 Å². The van der Waals surface area contributed by atoms with E-state index in [4.69, 9.17) is 0 Å². The first-order valence-corrected chi connectivity index (χ1v) is 6.72. The smallest absolute Gasteiger partial charge is 0.106 e. The Hall–Kier alpha value is -0.870. The number of aromatic amines is 1. The van der Waals surface area contributed by atoms with Crippen LogP contribution in [0.5, 0.6) is 0 Å². The molecule has 2 heterocycles. The standard InChI is InChI=1S/C13H24N4/c1-11(2)12-10-15-13(16-12)4-3-7-17-8-5-14-6-9-17/h10-11,14H,3-9H2,1-2H3,(H,15,16). The number of hydrogen-bond acceptors (Lipinski definition) is 3. The summed E-state index contributed by atoms with van der Waals surface area (Å²) in [4.78, 5) is 10.4. The first-order chi connectivity index (χ1) is 8.25. The molecule has 1 aliphatic rings. The van der Waals surface area contributed by atoms with Gasteiger partial charge >= 0.3 is 0 Å². The van der Waals surface area contributed by atoms with Crippen molar-refractivity contribution in [3.8, 4) is 0 Å². The Labute approximate surface area is 104 Å². The zero-order valence-corrected chi connectivity index (χ0v) is 11.0. The lowest BCUT2D eigenvalue weighted by Gasteiger charge is -2.26. The number of aryl methyl sites for hydroxylation is 1. The molecule has 0 aliphatic carbocycles. The molecule has 1 aromatic rings. The SMILES string of the molecule is CC(C)c1cnc(CCCN2CCNCC2)[nH]1. The Morgan fingerprint density at radius 1 is 1.35 bits per heavy atom. The van der Waals surface area contributed by atoms with Gasteiger partial charge in [0.15, 0.2) is 0 Å². The van der Waals surface area contributed by atoms with Crippen molar-refractivity contribution in [3.63, 3.8) is 0 Å². The quantitative estimate of drug-likeness (QED) is 0.811. The zero-order chi connectivity index (χ0) is 12.1. The Balaban J connectivity index is 1.70. The van der Waals surface area contributed by atoms with Crippen LogP contribution in [0.2, 0.25) is 0 Å². The van der Waals surface area contributed by atoms with E-state index in [-0.39, 0.29) is 0 Å². The van der Waals surface area contributed by atoms with Gasteiger partial charge in [0, 0.05) is 44.5 Å². The van der Waals surface area contributed by atoms with Gasteiger partial charge in [-0.1, -0.05) is 13.8 Å². The molecule has 0 atom stereocenters. The Morgan fingerprint density at radius 3 is 2.76 bits per heavy atom. The van der Waals surface area contributed by atoms with E-state index >= 15 is 0 Å². The van der Waals surface area contributed by atoms with Crippen LogP contribution >= 0.6 is 0 Å². The van der Waals surface area contributed by atoms with Gasteiger partial charge in [0.05, 0.1) is 0 Å².